The minimum absolute atomic E-state index is 0.135. The Morgan fingerprint density at radius 3 is 2.31 bits per heavy atom. The second-order valence-electron chi connectivity index (χ2n) is 6.52. The third-order valence-electron chi connectivity index (χ3n) is 4.51. The number of hydrogen-bond donors (Lipinski definition) is 0. The Bertz CT molecular complexity index is 1170. The number of carbonyl (C=O) groups excluding carboxylic acids is 1. The Morgan fingerprint density at radius 1 is 1.03 bits per heavy atom. The van der Waals surface area contributed by atoms with Gasteiger partial charge in [-0.25, -0.2) is 13.1 Å². The van der Waals surface area contributed by atoms with Gasteiger partial charge < -0.3 is 0 Å². The Labute approximate surface area is 165 Å². The molecule has 0 N–H and O–H groups in total. The smallest absolute Gasteiger partial charge is 0.267 e. The van der Waals surface area contributed by atoms with Gasteiger partial charge in [-0.2, -0.15) is 18.3 Å². The summed E-state index contributed by atoms with van der Waals surface area (Å²) in [6.07, 6.45) is -4.58. The van der Waals surface area contributed by atoms with E-state index in [1.165, 1.54) is 25.1 Å². The number of carbonyl (C=O) groups is 1. The van der Waals surface area contributed by atoms with E-state index in [1.54, 1.807) is 25.1 Å². The maximum atomic E-state index is 12.9. The summed E-state index contributed by atoms with van der Waals surface area (Å²) in [5, 5.41) is 4.08. The second kappa shape index (κ2) is 7.47. The van der Waals surface area contributed by atoms with Crippen molar-refractivity contribution in [3.63, 3.8) is 0 Å². The predicted octanol–water partition coefficient (Wildman–Crippen LogP) is 4.18. The topological polar surface area (TPSA) is 69.0 Å². The van der Waals surface area contributed by atoms with Gasteiger partial charge in [0.15, 0.2) is 9.84 Å². The van der Waals surface area contributed by atoms with Crippen LogP contribution in [0.15, 0.2) is 59.5 Å². The molecule has 0 unspecified atom stereocenters. The van der Waals surface area contributed by atoms with Crippen LogP contribution >= 0.6 is 0 Å². The number of benzene rings is 2. The molecule has 3 aromatic rings. The fourth-order valence-electron chi connectivity index (χ4n) is 2.93. The number of halogens is 3. The fourth-order valence-corrected chi connectivity index (χ4v) is 4.47. The molecular weight excluding hydrogens is 405 g/mol. The zero-order valence-corrected chi connectivity index (χ0v) is 16.4. The summed E-state index contributed by atoms with van der Waals surface area (Å²) in [5.74, 6) is -1.13. The SMILES string of the molecule is Cc1nn(C(=O)c2cccc(C(F)(F)F)c2)c(C)c1CS(=O)(=O)c1ccccc1. The maximum Gasteiger partial charge on any atom is 0.416 e. The van der Waals surface area contributed by atoms with Crippen molar-refractivity contribution in [3.05, 3.63) is 82.7 Å². The number of hydrogen-bond acceptors (Lipinski definition) is 4. The minimum Gasteiger partial charge on any atom is -0.267 e. The lowest BCUT2D eigenvalue weighted by atomic mass is 10.1. The van der Waals surface area contributed by atoms with Crippen LogP contribution in [0.2, 0.25) is 0 Å². The van der Waals surface area contributed by atoms with Gasteiger partial charge in [-0.15, -0.1) is 0 Å². The standard InChI is InChI=1S/C20H17F3N2O3S/c1-13-18(12-29(27,28)17-9-4-3-5-10-17)14(2)25(24-13)19(26)15-7-6-8-16(11-15)20(21,22)23/h3-11H,12H2,1-2H3. The summed E-state index contributed by atoms with van der Waals surface area (Å²) in [6.45, 7) is 3.07. The molecule has 9 heteroatoms. The number of aromatic nitrogens is 2. The average Bonchev–Trinajstić information content (AvgIpc) is 2.95. The molecule has 29 heavy (non-hydrogen) atoms. The van der Waals surface area contributed by atoms with Gasteiger partial charge in [-0.3, -0.25) is 4.79 Å². The Kier molecular flexibility index (Phi) is 5.36. The van der Waals surface area contributed by atoms with Crippen LogP contribution in [0.1, 0.15) is 32.9 Å². The highest BCUT2D eigenvalue weighted by atomic mass is 32.2. The van der Waals surface area contributed by atoms with Gasteiger partial charge in [0.1, 0.15) is 0 Å². The first-order chi connectivity index (χ1) is 13.5. The average molecular weight is 422 g/mol. The van der Waals surface area contributed by atoms with E-state index in [0.717, 1.165) is 22.9 Å². The molecule has 2 aromatic carbocycles. The van der Waals surface area contributed by atoms with Crippen LogP contribution in [0.25, 0.3) is 0 Å². The maximum absolute atomic E-state index is 12.9. The van der Waals surface area contributed by atoms with Crippen LogP contribution < -0.4 is 0 Å². The summed E-state index contributed by atoms with van der Waals surface area (Å²) in [4.78, 5) is 12.9. The Morgan fingerprint density at radius 2 is 1.69 bits per heavy atom. The van der Waals surface area contributed by atoms with Crippen molar-refractivity contribution in [2.24, 2.45) is 0 Å². The van der Waals surface area contributed by atoms with Gasteiger partial charge >= 0.3 is 6.18 Å². The number of nitrogens with zero attached hydrogens (tertiary/aromatic N) is 2. The molecule has 3 rings (SSSR count). The molecular formula is C20H17F3N2O3S. The van der Waals surface area contributed by atoms with Crippen LogP contribution in [-0.4, -0.2) is 24.1 Å². The van der Waals surface area contributed by atoms with Crippen molar-refractivity contribution in [1.29, 1.82) is 0 Å². The van der Waals surface area contributed by atoms with Crippen LogP contribution in [-0.2, 0) is 21.8 Å². The van der Waals surface area contributed by atoms with Crippen molar-refractivity contribution in [2.75, 3.05) is 0 Å². The molecule has 5 nitrogen and oxygen atoms in total. The molecule has 1 aromatic heterocycles. The molecule has 0 saturated heterocycles. The normalized spacial score (nSPS) is 12.2. The lowest BCUT2D eigenvalue weighted by Crippen LogP contribution is -2.17. The summed E-state index contributed by atoms with van der Waals surface area (Å²) in [6, 6.07) is 11.9. The van der Waals surface area contributed by atoms with Crippen molar-refractivity contribution in [3.8, 4) is 0 Å². The Balaban J connectivity index is 1.97. The van der Waals surface area contributed by atoms with Crippen molar-refractivity contribution in [1.82, 2.24) is 9.78 Å². The molecule has 0 amide bonds. The first kappa shape index (κ1) is 20.8. The van der Waals surface area contributed by atoms with Crippen LogP contribution in [0.5, 0.6) is 0 Å². The number of rotatable bonds is 4. The molecule has 0 aliphatic heterocycles. The van der Waals surface area contributed by atoms with E-state index in [4.69, 9.17) is 0 Å². The van der Waals surface area contributed by atoms with Crippen molar-refractivity contribution >= 4 is 15.7 Å². The van der Waals surface area contributed by atoms with E-state index >= 15 is 0 Å². The van der Waals surface area contributed by atoms with Crippen molar-refractivity contribution in [2.45, 2.75) is 30.7 Å². The molecule has 0 spiro atoms. The van der Waals surface area contributed by atoms with Gasteiger partial charge in [0.25, 0.3) is 5.91 Å². The van der Waals surface area contributed by atoms with Crippen LogP contribution in [0.4, 0.5) is 13.2 Å². The van der Waals surface area contributed by atoms with E-state index in [-0.39, 0.29) is 21.9 Å². The first-order valence-corrected chi connectivity index (χ1v) is 10.2. The highest BCUT2D eigenvalue weighted by Gasteiger charge is 2.31. The molecule has 0 fully saturated rings. The van der Waals surface area contributed by atoms with E-state index in [1.807, 2.05) is 0 Å². The van der Waals surface area contributed by atoms with Crippen LogP contribution in [0.3, 0.4) is 0 Å². The van der Waals surface area contributed by atoms with Gasteiger partial charge in [0.2, 0.25) is 0 Å². The second-order valence-corrected chi connectivity index (χ2v) is 8.51. The summed E-state index contributed by atoms with van der Waals surface area (Å²) in [5.41, 5.74) is -0.208. The molecule has 1 heterocycles. The van der Waals surface area contributed by atoms with Gasteiger partial charge in [-0.05, 0) is 44.2 Å². The number of aryl methyl sites for hydroxylation is 1. The molecule has 0 radical (unpaired) electrons. The lowest BCUT2D eigenvalue weighted by molar-refractivity contribution is -0.137. The van der Waals surface area contributed by atoms with E-state index < -0.39 is 27.5 Å². The first-order valence-electron chi connectivity index (χ1n) is 8.55. The zero-order valence-electron chi connectivity index (χ0n) is 15.6. The molecule has 0 atom stereocenters. The van der Waals surface area contributed by atoms with Gasteiger partial charge in [0.05, 0.1) is 21.9 Å². The highest BCUT2D eigenvalue weighted by Crippen LogP contribution is 2.30. The van der Waals surface area contributed by atoms with Crippen LogP contribution in [0, 0.1) is 13.8 Å². The molecule has 0 bridgehead atoms. The minimum atomic E-state index is -4.58. The zero-order chi connectivity index (χ0) is 21.4. The quantitative estimate of drug-likeness (QED) is 0.633. The lowest BCUT2D eigenvalue weighted by Gasteiger charge is -2.09. The summed E-state index contributed by atoms with van der Waals surface area (Å²) < 4.78 is 65.1. The van der Waals surface area contributed by atoms with Gasteiger partial charge in [0, 0.05) is 16.8 Å². The predicted molar refractivity (Wildman–Crippen MR) is 100 cm³/mol. The number of alkyl halides is 3. The third-order valence-corrected chi connectivity index (χ3v) is 6.17. The van der Waals surface area contributed by atoms with E-state index in [0.29, 0.717) is 11.3 Å². The molecule has 0 saturated carbocycles. The molecule has 152 valence electrons. The number of sulfone groups is 1. The van der Waals surface area contributed by atoms with Gasteiger partial charge in [-0.1, -0.05) is 24.3 Å². The largest absolute Gasteiger partial charge is 0.416 e. The monoisotopic (exact) mass is 422 g/mol. The Hall–Kier alpha value is -2.94. The third kappa shape index (κ3) is 4.24. The summed E-state index contributed by atoms with van der Waals surface area (Å²) >= 11 is 0. The highest BCUT2D eigenvalue weighted by molar-refractivity contribution is 7.90. The van der Waals surface area contributed by atoms with E-state index in [9.17, 15) is 26.4 Å². The molecule has 0 aliphatic rings. The summed E-state index contributed by atoms with van der Waals surface area (Å²) in [7, 11) is -3.67. The molecule has 0 aliphatic carbocycles. The van der Waals surface area contributed by atoms with E-state index in [2.05, 4.69) is 5.10 Å². The van der Waals surface area contributed by atoms with Crippen molar-refractivity contribution < 1.29 is 26.4 Å². The fraction of sp³-hybridized carbons (Fsp3) is 0.200.